The highest BCUT2D eigenvalue weighted by atomic mass is 28.3. The molecule has 0 bridgehead atoms. The van der Waals surface area contributed by atoms with Crippen molar-refractivity contribution >= 4 is 8.40 Å². The van der Waals surface area contributed by atoms with Crippen LogP contribution in [0.4, 0.5) is 83.4 Å². The van der Waals surface area contributed by atoms with E-state index in [0.29, 0.717) is 0 Å². The van der Waals surface area contributed by atoms with Crippen LogP contribution in [-0.2, 0) is 0 Å². The van der Waals surface area contributed by atoms with E-state index in [9.17, 15) is 83.4 Å². The van der Waals surface area contributed by atoms with Crippen LogP contribution in [0.3, 0.4) is 0 Å². The summed E-state index contributed by atoms with van der Waals surface area (Å²) in [6.07, 6.45) is -10.6. The largest absolute Gasteiger partial charge is 0.460 e. The summed E-state index contributed by atoms with van der Waals surface area (Å²) in [5, 5.41) is 10.5. The maximum atomic E-state index is 13.8. The highest BCUT2D eigenvalue weighted by Crippen LogP contribution is 2.65. The molecule has 0 rings (SSSR count). The van der Waals surface area contributed by atoms with E-state index >= 15 is 0 Å². The molecule has 0 saturated carbocycles. The highest BCUT2D eigenvalue weighted by molar-refractivity contribution is 6.73. The van der Waals surface area contributed by atoms with E-state index in [1.54, 1.807) is 0 Å². The fourth-order valence-electron chi connectivity index (χ4n) is 2.53. The molecule has 0 atom stereocenters. The Balaban J connectivity index is 6.69. The Morgan fingerprint density at radius 2 is 0.722 bits per heavy atom. The molecule has 218 valence electrons. The molecule has 4 N–H and O–H groups in total. The number of hydrogen-bond donors (Lipinski definition) is 2. The monoisotopic (exact) mass is 600 g/mol. The predicted octanol–water partition coefficient (Wildman–Crippen LogP) is 6.79. The molecule has 0 aliphatic rings. The Morgan fingerprint density at radius 1 is 0.444 bits per heavy atom. The van der Waals surface area contributed by atoms with Crippen LogP contribution < -0.4 is 10.8 Å². The molecular formula is C14H15F19N2Si. The van der Waals surface area contributed by atoms with Gasteiger partial charge in [0.1, 0.15) is 0 Å². The molecule has 0 spiro atoms. The van der Waals surface area contributed by atoms with Crippen molar-refractivity contribution in [3.63, 3.8) is 0 Å². The van der Waals surface area contributed by atoms with Gasteiger partial charge in [-0.1, -0.05) is 13.3 Å². The van der Waals surface area contributed by atoms with Gasteiger partial charge in [-0.3, -0.25) is 0 Å². The molecule has 0 unspecified atom stereocenters. The van der Waals surface area contributed by atoms with Crippen molar-refractivity contribution < 1.29 is 83.4 Å². The van der Waals surface area contributed by atoms with Gasteiger partial charge < -0.3 is 10.8 Å². The molecule has 0 heterocycles. The maximum Gasteiger partial charge on any atom is 0.460 e. The van der Waals surface area contributed by atoms with Crippen molar-refractivity contribution in [2.75, 3.05) is 0 Å². The average molecular weight is 600 g/mol. The van der Waals surface area contributed by atoms with Crippen LogP contribution in [0.1, 0.15) is 19.8 Å². The molecule has 0 saturated heterocycles. The maximum absolute atomic E-state index is 13.8. The van der Waals surface area contributed by atoms with E-state index in [-0.39, 0.29) is 12.5 Å². The van der Waals surface area contributed by atoms with Crippen molar-refractivity contribution in [1.82, 2.24) is 0 Å². The van der Waals surface area contributed by atoms with Crippen LogP contribution in [0.2, 0.25) is 12.1 Å². The first-order valence-corrected chi connectivity index (χ1v) is 11.5. The van der Waals surface area contributed by atoms with Crippen LogP contribution in [0.15, 0.2) is 0 Å². The zero-order valence-corrected chi connectivity index (χ0v) is 18.2. The molecule has 0 aromatic rings. The van der Waals surface area contributed by atoms with Crippen molar-refractivity contribution in [3.8, 4) is 0 Å². The lowest BCUT2D eigenvalue weighted by Crippen LogP contribution is -2.75. The number of hydrogen-bond acceptors (Lipinski definition) is 2. The van der Waals surface area contributed by atoms with E-state index in [4.69, 9.17) is 10.8 Å². The summed E-state index contributed by atoms with van der Waals surface area (Å²) in [5.41, 5.74) is 0. The van der Waals surface area contributed by atoms with Gasteiger partial charge >= 0.3 is 53.6 Å². The van der Waals surface area contributed by atoms with E-state index in [2.05, 4.69) is 0 Å². The fourth-order valence-corrected chi connectivity index (χ4v) is 4.49. The van der Waals surface area contributed by atoms with Crippen LogP contribution in [-0.4, -0.2) is 62.0 Å². The summed E-state index contributed by atoms with van der Waals surface area (Å²) in [5.74, 6) is -66.4. The third-order valence-electron chi connectivity index (χ3n) is 4.80. The minimum absolute atomic E-state index is 0.00645. The molecule has 0 fully saturated rings. The molecular weight excluding hydrogens is 585 g/mol. The van der Waals surface area contributed by atoms with Gasteiger partial charge in [0.2, 0.25) is 0 Å². The van der Waals surface area contributed by atoms with Gasteiger partial charge in [0, 0.05) is 6.42 Å². The van der Waals surface area contributed by atoms with E-state index in [0.717, 1.165) is 0 Å². The molecule has 2 nitrogen and oxygen atoms in total. The van der Waals surface area contributed by atoms with Crippen molar-refractivity contribution in [2.45, 2.75) is 85.4 Å². The molecule has 0 aromatic carbocycles. The van der Waals surface area contributed by atoms with Gasteiger partial charge in [0.15, 0.2) is 8.40 Å². The highest BCUT2D eigenvalue weighted by Gasteiger charge is 2.96. The SMILES string of the molecule is CCC[Si](N)(N)CCC(F)(F)C(F)(F)C(F)(F)C(F)(F)C(F)(F)C(F)(F)C(F)(F)C(F)(F)C(F)(F)F. The Kier molecular flexibility index (Phi) is 8.92. The molecule has 0 radical (unpaired) electrons. The minimum atomic E-state index is -8.91. The number of rotatable bonds is 12. The van der Waals surface area contributed by atoms with Gasteiger partial charge in [0.05, 0.1) is 0 Å². The zero-order valence-electron chi connectivity index (χ0n) is 17.2. The molecule has 0 amide bonds. The zero-order chi connectivity index (χ0) is 29.8. The first-order valence-electron chi connectivity index (χ1n) is 8.94. The van der Waals surface area contributed by atoms with Gasteiger partial charge in [-0.05, 0) is 12.1 Å². The minimum Gasteiger partial charge on any atom is -0.339 e. The van der Waals surface area contributed by atoms with Crippen molar-refractivity contribution in [2.24, 2.45) is 10.8 Å². The molecule has 22 heteroatoms. The third-order valence-corrected chi connectivity index (χ3v) is 7.41. The summed E-state index contributed by atoms with van der Waals surface area (Å²) < 4.78 is 251. The van der Waals surface area contributed by atoms with Crippen molar-refractivity contribution in [1.29, 1.82) is 0 Å². The number of halogens is 19. The second kappa shape index (κ2) is 9.22. The lowest BCUT2D eigenvalue weighted by Gasteiger charge is -2.44. The molecule has 0 aromatic heterocycles. The summed E-state index contributed by atoms with van der Waals surface area (Å²) in [6, 6.07) is -1.86. The summed E-state index contributed by atoms with van der Waals surface area (Å²) in [4.78, 5) is 0. The van der Waals surface area contributed by atoms with Crippen LogP contribution in [0.5, 0.6) is 0 Å². The lowest BCUT2D eigenvalue weighted by atomic mass is 9.87. The van der Waals surface area contributed by atoms with Gasteiger partial charge in [-0.2, -0.15) is 83.4 Å². The topological polar surface area (TPSA) is 52.0 Å². The van der Waals surface area contributed by atoms with E-state index in [1.807, 2.05) is 0 Å². The molecule has 0 aliphatic heterocycles. The number of nitrogens with two attached hydrogens (primary N) is 2. The van der Waals surface area contributed by atoms with Crippen molar-refractivity contribution in [3.05, 3.63) is 0 Å². The Labute approximate surface area is 189 Å². The smallest absolute Gasteiger partial charge is 0.339 e. The first-order chi connectivity index (χ1) is 15.3. The summed E-state index contributed by atoms with van der Waals surface area (Å²) in [6.45, 7) is 1.31. The third kappa shape index (κ3) is 4.96. The molecule has 36 heavy (non-hydrogen) atoms. The lowest BCUT2D eigenvalue weighted by molar-refractivity contribution is -0.468. The molecule has 0 aliphatic carbocycles. The average Bonchev–Trinajstić information content (AvgIpc) is 2.64. The van der Waals surface area contributed by atoms with Gasteiger partial charge in [-0.15, -0.1) is 0 Å². The number of alkyl halides is 19. The first kappa shape index (κ1) is 34.8. The van der Waals surface area contributed by atoms with Crippen LogP contribution >= 0.6 is 0 Å². The van der Waals surface area contributed by atoms with Gasteiger partial charge in [-0.25, -0.2) is 0 Å². The van der Waals surface area contributed by atoms with Crippen LogP contribution in [0, 0.1) is 0 Å². The second-order valence-electron chi connectivity index (χ2n) is 7.71. The van der Waals surface area contributed by atoms with E-state index < -0.39 is 74.4 Å². The van der Waals surface area contributed by atoms with Gasteiger partial charge in [0.25, 0.3) is 0 Å². The predicted molar refractivity (Wildman–Crippen MR) is 84.3 cm³/mol. The summed E-state index contributed by atoms with van der Waals surface area (Å²) in [7, 11) is -3.93. The standard InChI is InChI=1S/C14H15F19N2Si/c1-2-4-36(34,35)5-3-6(15,16)7(17,18)8(19,20)9(21,22)10(23,24)11(25,26)12(27,28)13(29,30)14(31,32)33/h2-5,34-35H2,1H3. The Bertz CT molecular complexity index is 773. The van der Waals surface area contributed by atoms with Crippen LogP contribution in [0.25, 0.3) is 0 Å². The summed E-state index contributed by atoms with van der Waals surface area (Å²) >= 11 is 0. The van der Waals surface area contributed by atoms with E-state index in [1.165, 1.54) is 6.92 Å². The Morgan fingerprint density at radius 3 is 1.00 bits per heavy atom. The second-order valence-corrected chi connectivity index (χ2v) is 11.2. The quantitative estimate of drug-likeness (QED) is 0.192. The Hall–Kier alpha value is -1.19. The fraction of sp³-hybridized carbons (Fsp3) is 1.00. The normalized spacial score (nSPS) is 16.5.